The Balaban J connectivity index is -0.00000000167. The minimum Gasteiger partial charge on any atom is 0 e. The number of hydrogen-bond acceptors (Lipinski definition) is 1. The average molecular weight is 411 g/mol. The maximum Gasteiger partial charge on any atom is 0 e. The predicted octanol–water partition coefficient (Wildman–Crippen LogP) is -1.31. The molecule has 0 unspecified atom stereocenters. The molecule has 0 aromatic heterocycles. The zero-order chi connectivity index (χ0) is 2.00. The molecule has 0 aliphatic carbocycles. The van der Waals surface area contributed by atoms with Gasteiger partial charge in [0.1, 0.15) is 0 Å². The van der Waals surface area contributed by atoms with Gasteiger partial charge in [-0.05, 0) is 0 Å². The molecule has 0 heterocycles. The molecular formula is H3AlNbOTaZr. The summed E-state index contributed by atoms with van der Waals surface area (Å²) in [5, 5.41) is 0. The first-order valence-corrected chi connectivity index (χ1v) is 1.08. The fourth-order valence-electron chi connectivity index (χ4n) is 0. The van der Waals surface area contributed by atoms with Crippen LogP contribution in [-0.2, 0) is 72.9 Å². The van der Waals surface area contributed by atoms with E-state index in [1.807, 2.05) is 0 Å². The molecule has 0 saturated heterocycles. The average Bonchev–Trinajstić information content (AvgIpc) is 1.00. The molecule has 1 radical (unpaired) electrons. The Morgan fingerprint density at radius 3 is 1.20 bits per heavy atom. The van der Waals surface area contributed by atoms with Gasteiger partial charge in [0.25, 0.3) is 0 Å². The molecule has 0 fully saturated rings. The molecule has 5 heteroatoms. The van der Waals surface area contributed by atoms with Crippen molar-refractivity contribution < 1.29 is 72.9 Å². The Labute approximate surface area is 88.7 Å². The molecule has 0 rings (SSSR count). The van der Waals surface area contributed by atoms with Gasteiger partial charge in [0.15, 0.2) is 17.4 Å². The van der Waals surface area contributed by atoms with Crippen LogP contribution in [0.1, 0.15) is 0 Å². The van der Waals surface area contributed by atoms with Crippen molar-refractivity contribution in [1.29, 1.82) is 0 Å². The van der Waals surface area contributed by atoms with E-state index in [0.717, 1.165) is 0 Å². The Morgan fingerprint density at radius 2 is 1.20 bits per heavy atom. The summed E-state index contributed by atoms with van der Waals surface area (Å²) in [5.41, 5.74) is 0. The summed E-state index contributed by atoms with van der Waals surface area (Å²) in [6.45, 7) is 0. The van der Waals surface area contributed by atoms with Gasteiger partial charge in [-0.15, -0.1) is 0 Å². The molecule has 0 bridgehead atoms. The van der Waals surface area contributed by atoms with Crippen molar-refractivity contribution in [3.8, 4) is 0 Å². The zero-order valence-electron chi connectivity index (χ0n) is 1.80. The quantitative estimate of drug-likeness (QED) is 0.453. The normalized spacial score (nSPS) is 0.600. The topological polar surface area (TPSA) is 17.1 Å². The van der Waals surface area contributed by atoms with Gasteiger partial charge in [-0.3, -0.25) is 0 Å². The maximum absolute atomic E-state index is 8.30. The van der Waals surface area contributed by atoms with Crippen molar-refractivity contribution in [1.82, 2.24) is 0 Å². The molecule has 0 saturated carbocycles. The molecular weight excluding hydrogens is 408 g/mol. The molecule has 0 amide bonds. The van der Waals surface area contributed by atoms with Gasteiger partial charge in [0.2, 0.25) is 0 Å². The van der Waals surface area contributed by atoms with E-state index >= 15 is 0 Å². The van der Waals surface area contributed by atoms with Crippen LogP contribution in [0.25, 0.3) is 0 Å². The fourth-order valence-corrected chi connectivity index (χ4v) is 0. The van der Waals surface area contributed by atoms with Crippen LogP contribution < -0.4 is 0 Å². The Kier molecular flexibility index (Phi) is 151. The first-order valence-electron chi connectivity index (χ1n) is 0.183. The molecule has 0 aromatic rings. The Hall–Kier alpha value is 2.70. The molecule has 0 aliphatic heterocycles. The van der Waals surface area contributed by atoms with Crippen molar-refractivity contribution in [2.45, 2.75) is 0 Å². The van der Waals surface area contributed by atoms with E-state index in [2.05, 4.69) is 0 Å². The van der Waals surface area contributed by atoms with Crippen LogP contribution in [0.15, 0.2) is 0 Å². The van der Waals surface area contributed by atoms with E-state index in [-0.39, 0.29) is 65.9 Å². The van der Waals surface area contributed by atoms with Crippen molar-refractivity contribution >= 4 is 17.4 Å². The van der Waals surface area contributed by atoms with Crippen molar-refractivity contribution in [2.24, 2.45) is 0 Å². The van der Waals surface area contributed by atoms with E-state index in [1.54, 1.807) is 0 Å². The summed E-state index contributed by atoms with van der Waals surface area (Å²) in [6, 6.07) is 0. The van der Waals surface area contributed by atoms with E-state index in [1.165, 1.54) is 0 Å². The van der Waals surface area contributed by atoms with Crippen molar-refractivity contribution in [3.63, 3.8) is 0 Å². The van der Waals surface area contributed by atoms with Crippen LogP contribution in [0, 0.1) is 0 Å². The second-order valence-corrected chi connectivity index (χ2v) is 0. The van der Waals surface area contributed by atoms with Gasteiger partial charge < -0.3 is 0 Å². The first-order chi connectivity index (χ1) is 1.00. The molecule has 5 heavy (non-hydrogen) atoms. The van der Waals surface area contributed by atoms with E-state index in [4.69, 9.17) is 3.25 Å². The second-order valence-electron chi connectivity index (χ2n) is 0. The van der Waals surface area contributed by atoms with Crippen molar-refractivity contribution in [2.75, 3.05) is 0 Å². The smallest absolute Gasteiger partial charge is 0 e. The Bertz CT molecular complexity index is 11.6. The summed E-state index contributed by atoms with van der Waals surface area (Å²) < 4.78 is 8.30. The SMILES string of the molecule is [AlH3].[O]=[Nb].[Ta].[Zr]. The van der Waals surface area contributed by atoms with E-state index in [9.17, 15) is 0 Å². The van der Waals surface area contributed by atoms with E-state index < -0.39 is 0 Å². The monoisotopic (exact) mass is 410 g/mol. The molecule has 0 spiro atoms. The third-order valence-corrected chi connectivity index (χ3v) is 0. The minimum atomic E-state index is 0. The largest absolute Gasteiger partial charge is 0 e. The molecule has 0 aliphatic rings. The van der Waals surface area contributed by atoms with Gasteiger partial charge in [-0.1, -0.05) is 0 Å². The summed E-state index contributed by atoms with van der Waals surface area (Å²) in [5.74, 6) is 0. The van der Waals surface area contributed by atoms with Crippen LogP contribution in [-0.4, -0.2) is 17.4 Å². The number of hydrogen-bond donors (Lipinski definition) is 0. The summed E-state index contributed by atoms with van der Waals surface area (Å²) in [6.07, 6.45) is 0. The van der Waals surface area contributed by atoms with Crippen LogP contribution in [0.4, 0.5) is 0 Å². The molecule has 0 N–H and O–H groups in total. The van der Waals surface area contributed by atoms with Gasteiger partial charge in [-0.25, -0.2) is 0 Å². The minimum absolute atomic E-state index is 0. The zero-order valence-corrected chi connectivity index (χ0v) is 9.67. The van der Waals surface area contributed by atoms with E-state index in [0.29, 0.717) is 21.0 Å². The first kappa shape index (κ1) is 25.3. The van der Waals surface area contributed by atoms with Crippen LogP contribution >= 0.6 is 0 Å². The second kappa shape index (κ2) is 29.9. The van der Waals surface area contributed by atoms with Crippen LogP contribution in [0.3, 0.4) is 0 Å². The van der Waals surface area contributed by atoms with Gasteiger partial charge in [-0.2, -0.15) is 0 Å². The third kappa shape index (κ3) is 20.3. The third-order valence-electron chi connectivity index (χ3n) is 0. The maximum atomic E-state index is 8.30. The molecule has 0 aromatic carbocycles. The number of rotatable bonds is 0. The Morgan fingerprint density at radius 1 is 1.20 bits per heavy atom. The molecule has 1 nitrogen and oxygen atoms in total. The van der Waals surface area contributed by atoms with Gasteiger partial charge in [0, 0.05) is 48.6 Å². The fraction of sp³-hybridized carbons (Fsp3) is 0. The summed E-state index contributed by atoms with van der Waals surface area (Å²) in [7, 11) is 0. The molecule has 26 valence electrons. The summed E-state index contributed by atoms with van der Waals surface area (Å²) in [4.78, 5) is 0. The summed E-state index contributed by atoms with van der Waals surface area (Å²) >= 11 is 0.500. The van der Waals surface area contributed by atoms with Crippen LogP contribution in [0.5, 0.6) is 0 Å². The van der Waals surface area contributed by atoms with Crippen LogP contribution in [0.2, 0.25) is 0 Å². The van der Waals surface area contributed by atoms with Crippen molar-refractivity contribution in [3.05, 3.63) is 0 Å². The molecule has 0 atom stereocenters. The standard InChI is InChI=1S/Al.Nb.O.Ta.Zr.3H. The predicted molar refractivity (Wildman–Crippen MR) is 10.6 cm³/mol. The van der Waals surface area contributed by atoms with Gasteiger partial charge >= 0.3 is 24.3 Å². The van der Waals surface area contributed by atoms with Gasteiger partial charge in [0.05, 0.1) is 0 Å².